The second-order valence-electron chi connectivity index (χ2n) is 3.37. The number of nitrogens with zero attached hydrogens (tertiary/aromatic N) is 1. The van der Waals surface area contributed by atoms with Gasteiger partial charge in [0.2, 0.25) is 0 Å². The van der Waals surface area contributed by atoms with Crippen molar-refractivity contribution in [3.05, 3.63) is 42.2 Å². The van der Waals surface area contributed by atoms with Gasteiger partial charge in [0.1, 0.15) is 0 Å². The minimum Gasteiger partial charge on any atom is -0.392 e. The molecule has 0 fully saturated rings. The topological polar surface area (TPSA) is 33.1 Å². The van der Waals surface area contributed by atoms with Crippen LogP contribution in [0.25, 0.3) is 0 Å². The molecule has 0 aliphatic heterocycles. The molecule has 0 saturated heterocycles. The van der Waals surface area contributed by atoms with E-state index in [1.807, 2.05) is 19.1 Å². The molecule has 0 aromatic carbocycles. The van der Waals surface area contributed by atoms with Crippen LogP contribution in [0.15, 0.2) is 36.7 Å². The molecule has 2 nitrogen and oxygen atoms in total. The van der Waals surface area contributed by atoms with Crippen molar-refractivity contribution in [1.82, 2.24) is 4.98 Å². The maximum atomic E-state index is 9.59. The van der Waals surface area contributed by atoms with E-state index in [0.717, 1.165) is 11.1 Å². The van der Waals surface area contributed by atoms with Gasteiger partial charge in [0.15, 0.2) is 0 Å². The maximum Gasteiger partial charge on any atom is 0.0617 e. The third kappa shape index (κ3) is 3.85. The number of rotatable bonds is 4. The summed E-state index contributed by atoms with van der Waals surface area (Å²) in [6, 6.07) is 3.84. The van der Waals surface area contributed by atoms with Gasteiger partial charge in [-0.2, -0.15) is 0 Å². The van der Waals surface area contributed by atoms with Crippen LogP contribution in [0.3, 0.4) is 0 Å². The first-order valence-electron chi connectivity index (χ1n) is 4.40. The molecular weight excluding hydrogens is 162 g/mol. The van der Waals surface area contributed by atoms with E-state index in [0.29, 0.717) is 12.8 Å². The van der Waals surface area contributed by atoms with E-state index in [1.54, 1.807) is 12.4 Å². The first-order valence-corrected chi connectivity index (χ1v) is 4.40. The van der Waals surface area contributed by atoms with Crippen LogP contribution in [0, 0.1) is 0 Å². The zero-order valence-corrected chi connectivity index (χ0v) is 7.90. The number of hydrogen-bond donors (Lipinski definition) is 1. The SMILES string of the molecule is C=C(C)CC(O)Cc1ccncc1. The second-order valence-corrected chi connectivity index (χ2v) is 3.37. The van der Waals surface area contributed by atoms with Crippen LogP contribution in [-0.4, -0.2) is 16.2 Å². The van der Waals surface area contributed by atoms with Crippen molar-refractivity contribution in [1.29, 1.82) is 0 Å². The highest BCUT2D eigenvalue weighted by atomic mass is 16.3. The highest BCUT2D eigenvalue weighted by Gasteiger charge is 2.04. The predicted octanol–water partition coefficient (Wildman–Crippen LogP) is 1.95. The van der Waals surface area contributed by atoms with Crippen LogP contribution < -0.4 is 0 Å². The summed E-state index contributed by atoms with van der Waals surface area (Å²) in [6.07, 6.45) is 4.50. The second kappa shape index (κ2) is 4.77. The van der Waals surface area contributed by atoms with Crippen molar-refractivity contribution in [3.8, 4) is 0 Å². The Morgan fingerprint density at radius 2 is 2.15 bits per heavy atom. The smallest absolute Gasteiger partial charge is 0.0617 e. The van der Waals surface area contributed by atoms with E-state index in [1.165, 1.54) is 0 Å². The van der Waals surface area contributed by atoms with Gasteiger partial charge in [0, 0.05) is 12.4 Å². The molecule has 0 aliphatic rings. The van der Waals surface area contributed by atoms with Crippen LogP contribution in [0.4, 0.5) is 0 Å². The summed E-state index contributed by atoms with van der Waals surface area (Å²) >= 11 is 0. The van der Waals surface area contributed by atoms with Gasteiger partial charge in [-0.25, -0.2) is 0 Å². The summed E-state index contributed by atoms with van der Waals surface area (Å²) in [6.45, 7) is 5.69. The zero-order chi connectivity index (χ0) is 9.68. The first kappa shape index (κ1) is 9.93. The zero-order valence-electron chi connectivity index (χ0n) is 7.90. The van der Waals surface area contributed by atoms with Gasteiger partial charge in [-0.05, 0) is 37.5 Å². The lowest BCUT2D eigenvalue weighted by Gasteiger charge is -2.09. The normalized spacial score (nSPS) is 12.5. The molecule has 1 atom stereocenters. The fraction of sp³-hybridized carbons (Fsp3) is 0.364. The quantitative estimate of drug-likeness (QED) is 0.713. The van der Waals surface area contributed by atoms with Gasteiger partial charge in [-0.15, -0.1) is 6.58 Å². The van der Waals surface area contributed by atoms with Crippen molar-refractivity contribution in [2.75, 3.05) is 0 Å². The lowest BCUT2D eigenvalue weighted by Crippen LogP contribution is -2.10. The molecular formula is C11H15NO. The third-order valence-electron chi connectivity index (χ3n) is 1.80. The summed E-state index contributed by atoms with van der Waals surface area (Å²) in [5.74, 6) is 0. The fourth-order valence-corrected chi connectivity index (χ4v) is 1.27. The molecule has 0 aliphatic carbocycles. The molecule has 0 saturated carbocycles. The van der Waals surface area contributed by atoms with Crippen LogP contribution in [0.2, 0.25) is 0 Å². The highest BCUT2D eigenvalue weighted by Crippen LogP contribution is 2.08. The predicted molar refractivity (Wildman–Crippen MR) is 53.4 cm³/mol. The summed E-state index contributed by atoms with van der Waals surface area (Å²) in [5, 5.41) is 9.59. The molecule has 1 unspecified atom stereocenters. The van der Waals surface area contributed by atoms with Crippen LogP contribution in [0.1, 0.15) is 18.9 Å². The molecule has 1 rings (SSSR count). The van der Waals surface area contributed by atoms with Crippen molar-refractivity contribution in [2.45, 2.75) is 25.9 Å². The van der Waals surface area contributed by atoms with Gasteiger partial charge < -0.3 is 5.11 Å². The van der Waals surface area contributed by atoms with Crippen LogP contribution in [-0.2, 0) is 6.42 Å². The van der Waals surface area contributed by atoms with Crippen molar-refractivity contribution in [2.24, 2.45) is 0 Å². The molecule has 1 aromatic heterocycles. The van der Waals surface area contributed by atoms with Crippen LogP contribution in [0.5, 0.6) is 0 Å². The average Bonchev–Trinajstić information content (AvgIpc) is 2.04. The van der Waals surface area contributed by atoms with E-state index >= 15 is 0 Å². The van der Waals surface area contributed by atoms with Gasteiger partial charge >= 0.3 is 0 Å². The molecule has 1 N–H and O–H groups in total. The lowest BCUT2D eigenvalue weighted by molar-refractivity contribution is 0.175. The van der Waals surface area contributed by atoms with E-state index in [2.05, 4.69) is 11.6 Å². The Morgan fingerprint density at radius 1 is 1.54 bits per heavy atom. The Labute approximate surface area is 78.9 Å². The van der Waals surface area contributed by atoms with Crippen molar-refractivity contribution >= 4 is 0 Å². The van der Waals surface area contributed by atoms with E-state index < -0.39 is 0 Å². The molecule has 0 radical (unpaired) electrons. The van der Waals surface area contributed by atoms with E-state index in [4.69, 9.17) is 0 Å². The summed E-state index contributed by atoms with van der Waals surface area (Å²) in [7, 11) is 0. The Balaban J connectivity index is 2.45. The van der Waals surface area contributed by atoms with E-state index in [9.17, 15) is 5.11 Å². The largest absolute Gasteiger partial charge is 0.392 e. The van der Waals surface area contributed by atoms with Gasteiger partial charge in [-0.3, -0.25) is 4.98 Å². The number of pyridine rings is 1. The molecule has 2 heteroatoms. The van der Waals surface area contributed by atoms with Gasteiger partial charge in [0.25, 0.3) is 0 Å². The van der Waals surface area contributed by atoms with E-state index in [-0.39, 0.29) is 6.10 Å². The molecule has 0 bridgehead atoms. The fourth-order valence-electron chi connectivity index (χ4n) is 1.27. The summed E-state index contributed by atoms with van der Waals surface area (Å²) in [5.41, 5.74) is 2.13. The Morgan fingerprint density at radius 3 is 2.69 bits per heavy atom. The molecule has 13 heavy (non-hydrogen) atoms. The number of aliphatic hydroxyl groups is 1. The number of hydrogen-bond acceptors (Lipinski definition) is 2. The standard InChI is InChI=1S/C11H15NO/c1-9(2)7-11(13)8-10-3-5-12-6-4-10/h3-6,11,13H,1,7-8H2,2H3. The molecule has 0 amide bonds. The van der Waals surface area contributed by atoms with Gasteiger partial charge in [0.05, 0.1) is 6.10 Å². The minimum absolute atomic E-state index is 0.320. The number of aromatic nitrogens is 1. The molecule has 1 aromatic rings. The van der Waals surface area contributed by atoms with Gasteiger partial charge in [-0.1, -0.05) is 5.57 Å². The number of aliphatic hydroxyl groups excluding tert-OH is 1. The monoisotopic (exact) mass is 177 g/mol. The lowest BCUT2D eigenvalue weighted by atomic mass is 10.0. The maximum absolute atomic E-state index is 9.59. The van der Waals surface area contributed by atoms with Crippen molar-refractivity contribution < 1.29 is 5.11 Å². The summed E-state index contributed by atoms with van der Waals surface area (Å²) < 4.78 is 0. The Hall–Kier alpha value is -1.15. The van der Waals surface area contributed by atoms with Crippen molar-refractivity contribution in [3.63, 3.8) is 0 Å². The Bertz CT molecular complexity index is 269. The molecule has 1 heterocycles. The Kier molecular flexibility index (Phi) is 3.65. The molecule has 0 spiro atoms. The third-order valence-corrected chi connectivity index (χ3v) is 1.80. The van der Waals surface area contributed by atoms with Crippen LogP contribution >= 0.6 is 0 Å². The summed E-state index contributed by atoms with van der Waals surface area (Å²) in [4.78, 5) is 3.91. The minimum atomic E-state index is -0.320. The average molecular weight is 177 g/mol. The highest BCUT2D eigenvalue weighted by molar-refractivity contribution is 5.11. The first-order chi connectivity index (χ1) is 6.18. The molecule has 70 valence electrons.